The van der Waals surface area contributed by atoms with Gasteiger partial charge in [0, 0.05) is 19.8 Å². The van der Waals surface area contributed by atoms with Gasteiger partial charge in [-0.05, 0) is 19.1 Å². The molecular weight excluding hydrogens is 278 g/mol. The van der Waals surface area contributed by atoms with Crippen molar-refractivity contribution in [1.82, 2.24) is 14.6 Å². The van der Waals surface area contributed by atoms with Crippen molar-refractivity contribution in [2.45, 2.75) is 11.8 Å². The van der Waals surface area contributed by atoms with E-state index in [1.54, 1.807) is 6.92 Å². The van der Waals surface area contributed by atoms with Crippen molar-refractivity contribution >= 4 is 27.5 Å². The molecule has 0 radical (unpaired) electrons. The first kappa shape index (κ1) is 14.9. The number of nitrogens with zero attached hydrogens (tertiary/aromatic N) is 2. The minimum atomic E-state index is -3.72. The molecule has 100 valence electrons. The fourth-order valence-corrected chi connectivity index (χ4v) is 2.42. The maximum absolute atomic E-state index is 12.0. The second-order valence-corrected chi connectivity index (χ2v) is 5.96. The van der Waals surface area contributed by atoms with E-state index < -0.39 is 10.0 Å². The van der Waals surface area contributed by atoms with Crippen molar-refractivity contribution < 1.29 is 13.2 Å². The molecule has 0 atom stereocenters. The molecule has 0 saturated heterocycles. The van der Waals surface area contributed by atoms with Gasteiger partial charge in [-0.2, -0.15) is 4.31 Å². The lowest BCUT2D eigenvalue weighted by Crippen LogP contribution is -2.38. The van der Waals surface area contributed by atoms with Crippen molar-refractivity contribution in [3.63, 3.8) is 0 Å². The standard InChI is InChI=1S/C10H14ClN3O3S/c1-3-12-10(15)7-14(2)18(16,17)8-4-5-9(11)13-6-8/h4-6H,3,7H2,1-2H3,(H,12,15). The summed E-state index contributed by atoms with van der Waals surface area (Å²) >= 11 is 5.58. The molecule has 1 aromatic rings. The maximum atomic E-state index is 12.0. The first-order valence-corrected chi connectivity index (χ1v) is 7.04. The van der Waals surface area contributed by atoms with Crippen LogP contribution in [-0.4, -0.2) is 43.8 Å². The van der Waals surface area contributed by atoms with E-state index >= 15 is 0 Å². The van der Waals surface area contributed by atoms with E-state index in [2.05, 4.69) is 10.3 Å². The van der Waals surface area contributed by atoms with Gasteiger partial charge in [-0.25, -0.2) is 13.4 Å². The Morgan fingerprint density at radius 1 is 1.50 bits per heavy atom. The Labute approximate surface area is 111 Å². The minimum Gasteiger partial charge on any atom is -0.355 e. The van der Waals surface area contributed by atoms with E-state index in [-0.39, 0.29) is 22.5 Å². The van der Waals surface area contributed by atoms with Crippen LogP contribution in [0.1, 0.15) is 6.92 Å². The Morgan fingerprint density at radius 2 is 2.17 bits per heavy atom. The van der Waals surface area contributed by atoms with Crippen molar-refractivity contribution in [3.8, 4) is 0 Å². The number of hydrogen-bond donors (Lipinski definition) is 1. The smallest absolute Gasteiger partial charge is 0.244 e. The molecule has 0 fully saturated rings. The van der Waals surface area contributed by atoms with Gasteiger partial charge in [0.2, 0.25) is 15.9 Å². The van der Waals surface area contributed by atoms with Gasteiger partial charge in [0.05, 0.1) is 6.54 Å². The summed E-state index contributed by atoms with van der Waals surface area (Å²) in [6, 6.07) is 2.73. The van der Waals surface area contributed by atoms with Crippen LogP contribution in [0.4, 0.5) is 0 Å². The molecule has 0 aliphatic carbocycles. The Kier molecular flexibility index (Phi) is 5.06. The average Bonchev–Trinajstić information content (AvgIpc) is 2.29. The highest BCUT2D eigenvalue weighted by atomic mass is 35.5. The van der Waals surface area contributed by atoms with Gasteiger partial charge in [-0.1, -0.05) is 11.6 Å². The number of hydrogen-bond acceptors (Lipinski definition) is 4. The van der Waals surface area contributed by atoms with Crippen LogP contribution < -0.4 is 5.32 Å². The molecule has 0 aromatic carbocycles. The van der Waals surface area contributed by atoms with Crippen molar-refractivity contribution in [2.75, 3.05) is 20.1 Å². The highest BCUT2D eigenvalue weighted by Gasteiger charge is 2.22. The zero-order valence-corrected chi connectivity index (χ0v) is 11.6. The number of likely N-dealkylation sites (N-methyl/N-ethyl adjacent to an activating group) is 2. The molecule has 0 saturated carbocycles. The Bertz CT molecular complexity index is 516. The summed E-state index contributed by atoms with van der Waals surface area (Å²) in [4.78, 5) is 15.0. The molecular formula is C10H14ClN3O3S. The molecule has 1 N–H and O–H groups in total. The SMILES string of the molecule is CCNC(=O)CN(C)S(=O)(=O)c1ccc(Cl)nc1. The molecule has 0 unspecified atom stereocenters. The molecule has 1 heterocycles. The zero-order valence-electron chi connectivity index (χ0n) is 10.1. The number of rotatable bonds is 5. The van der Waals surface area contributed by atoms with Crippen LogP contribution >= 0.6 is 11.6 Å². The van der Waals surface area contributed by atoms with Gasteiger partial charge in [-0.3, -0.25) is 4.79 Å². The number of nitrogens with one attached hydrogen (secondary N) is 1. The van der Waals surface area contributed by atoms with E-state index in [1.165, 1.54) is 19.2 Å². The van der Waals surface area contributed by atoms with E-state index in [9.17, 15) is 13.2 Å². The maximum Gasteiger partial charge on any atom is 0.244 e. The summed E-state index contributed by atoms with van der Waals surface area (Å²) < 4.78 is 25.1. The van der Waals surface area contributed by atoms with E-state index in [4.69, 9.17) is 11.6 Å². The van der Waals surface area contributed by atoms with Gasteiger partial charge < -0.3 is 5.32 Å². The molecule has 0 bridgehead atoms. The van der Waals surface area contributed by atoms with E-state index in [1.807, 2.05) is 0 Å². The molecule has 6 nitrogen and oxygen atoms in total. The van der Waals surface area contributed by atoms with Gasteiger partial charge in [-0.15, -0.1) is 0 Å². The number of amides is 1. The van der Waals surface area contributed by atoms with Crippen LogP contribution in [0.5, 0.6) is 0 Å². The topological polar surface area (TPSA) is 79.4 Å². The molecule has 18 heavy (non-hydrogen) atoms. The Balaban J connectivity index is 2.86. The predicted octanol–water partition coefficient (Wildman–Crippen LogP) is 0.492. The second-order valence-electron chi connectivity index (χ2n) is 3.53. The summed E-state index contributed by atoms with van der Waals surface area (Å²) in [6.07, 6.45) is 1.16. The van der Waals surface area contributed by atoms with Crippen LogP contribution in [0.3, 0.4) is 0 Å². The number of pyridine rings is 1. The highest BCUT2D eigenvalue weighted by molar-refractivity contribution is 7.89. The van der Waals surface area contributed by atoms with Crippen LogP contribution in [0.15, 0.2) is 23.2 Å². The van der Waals surface area contributed by atoms with Crippen LogP contribution in [-0.2, 0) is 14.8 Å². The highest BCUT2D eigenvalue weighted by Crippen LogP contribution is 2.14. The van der Waals surface area contributed by atoms with Gasteiger partial charge in [0.15, 0.2) is 0 Å². The minimum absolute atomic E-state index is 0.00121. The third kappa shape index (κ3) is 3.66. The molecule has 1 aromatic heterocycles. The number of halogens is 1. The van der Waals surface area contributed by atoms with E-state index in [0.717, 1.165) is 10.5 Å². The van der Waals surface area contributed by atoms with Gasteiger partial charge in [0.1, 0.15) is 10.0 Å². The Hall–Kier alpha value is -1.18. The summed E-state index contributed by atoms with van der Waals surface area (Å²) in [5.41, 5.74) is 0. The number of carbonyl (C=O) groups is 1. The van der Waals surface area contributed by atoms with Crippen LogP contribution in [0.2, 0.25) is 5.15 Å². The predicted molar refractivity (Wildman–Crippen MR) is 67.7 cm³/mol. The number of carbonyl (C=O) groups excluding carboxylic acids is 1. The monoisotopic (exact) mass is 291 g/mol. The summed E-state index contributed by atoms with van der Waals surface area (Å²) in [5.74, 6) is -0.356. The molecule has 0 spiro atoms. The van der Waals surface area contributed by atoms with Gasteiger partial charge in [0.25, 0.3) is 0 Å². The fraction of sp³-hybridized carbons (Fsp3) is 0.400. The molecule has 8 heteroatoms. The lowest BCUT2D eigenvalue weighted by molar-refractivity contribution is -0.121. The summed E-state index contributed by atoms with van der Waals surface area (Å²) in [6.45, 7) is 1.98. The number of aromatic nitrogens is 1. The average molecular weight is 292 g/mol. The van der Waals surface area contributed by atoms with E-state index in [0.29, 0.717) is 6.54 Å². The lowest BCUT2D eigenvalue weighted by atomic mass is 10.5. The normalized spacial score (nSPS) is 11.6. The Morgan fingerprint density at radius 3 is 2.67 bits per heavy atom. The first-order valence-electron chi connectivity index (χ1n) is 5.22. The first-order chi connectivity index (χ1) is 8.37. The zero-order chi connectivity index (χ0) is 13.8. The van der Waals surface area contributed by atoms with Crippen LogP contribution in [0, 0.1) is 0 Å². The lowest BCUT2D eigenvalue weighted by Gasteiger charge is -2.16. The van der Waals surface area contributed by atoms with Gasteiger partial charge >= 0.3 is 0 Å². The summed E-state index contributed by atoms with van der Waals surface area (Å²) in [5, 5.41) is 2.74. The molecule has 1 rings (SSSR count). The molecule has 1 amide bonds. The van der Waals surface area contributed by atoms with Crippen molar-refractivity contribution in [3.05, 3.63) is 23.5 Å². The van der Waals surface area contributed by atoms with Crippen LogP contribution in [0.25, 0.3) is 0 Å². The number of sulfonamides is 1. The fourth-order valence-electron chi connectivity index (χ4n) is 1.24. The second kappa shape index (κ2) is 6.12. The molecule has 0 aliphatic heterocycles. The third-order valence-electron chi connectivity index (χ3n) is 2.15. The third-order valence-corrected chi connectivity index (χ3v) is 4.16. The largest absolute Gasteiger partial charge is 0.355 e. The summed E-state index contributed by atoms with van der Waals surface area (Å²) in [7, 11) is -2.39. The quantitative estimate of drug-likeness (QED) is 0.801. The van der Waals surface area contributed by atoms with Crippen molar-refractivity contribution in [2.24, 2.45) is 0 Å². The van der Waals surface area contributed by atoms with Crippen molar-refractivity contribution in [1.29, 1.82) is 0 Å². The molecule has 0 aliphatic rings.